The zero-order valence-corrected chi connectivity index (χ0v) is 15.4. The predicted octanol–water partition coefficient (Wildman–Crippen LogP) is 1.71. The van der Waals surface area contributed by atoms with Crippen LogP contribution in [0.25, 0.3) is 11.1 Å². The Morgan fingerprint density at radius 3 is 2.57 bits per heavy atom. The number of para-hydroxylation sites is 1. The Labute approximate surface area is 160 Å². The first-order valence-electron chi connectivity index (χ1n) is 8.30. The van der Waals surface area contributed by atoms with Crippen LogP contribution in [0.15, 0.2) is 23.0 Å². The smallest absolute Gasteiger partial charge is 0.309 e. The number of nitriles is 2. The first-order chi connectivity index (χ1) is 13.5. The van der Waals surface area contributed by atoms with E-state index in [1.165, 1.54) is 7.11 Å². The molecule has 1 aromatic heterocycles. The first-order valence-corrected chi connectivity index (χ1v) is 8.30. The Kier molecular flexibility index (Phi) is 6.61. The second kappa shape index (κ2) is 9.10. The number of anilines is 1. The molecule has 0 aliphatic carbocycles. The van der Waals surface area contributed by atoms with Crippen molar-refractivity contribution in [1.82, 2.24) is 4.98 Å². The summed E-state index contributed by atoms with van der Waals surface area (Å²) in [7, 11) is 1.42. The van der Waals surface area contributed by atoms with Crippen molar-refractivity contribution in [2.24, 2.45) is 0 Å². The molecule has 0 aliphatic heterocycles. The molecule has 0 saturated carbocycles. The van der Waals surface area contributed by atoms with Crippen molar-refractivity contribution in [2.45, 2.75) is 13.3 Å². The van der Waals surface area contributed by atoms with Gasteiger partial charge >= 0.3 is 5.97 Å². The fraction of sp³-hybridized carbons (Fsp3) is 0.263. The number of aromatic amines is 1. The van der Waals surface area contributed by atoms with Crippen LogP contribution in [0.4, 0.5) is 5.82 Å². The van der Waals surface area contributed by atoms with Gasteiger partial charge in [-0.3, -0.25) is 9.59 Å². The third-order valence-electron chi connectivity index (χ3n) is 3.79. The number of nitrogens with two attached hydrogens (primary N) is 1. The number of carbonyl (C=O) groups is 1. The lowest BCUT2D eigenvalue weighted by Crippen LogP contribution is -2.17. The van der Waals surface area contributed by atoms with Crippen LogP contribution in [0.3, 0.4) is 0 Å². The van der Waals surface area contributed by atoms with Crippen LogP contribution in [0.5, 0.6) is 11.5 Å². The summed E-state index contributed by atoms with van der Waals surface area (Å²) in [5.41, 5.74) is 5.00. The van der Waals surface area contributed by atoms with Crippen LogP contribution in [-0.2, 0) is 9.53 Å². The van der Waals surface area contributed by atoms with E-state index in [2.05, 4.69) is 4.98 Å². The monoisotopic (exact) mass is 382 g/mol. The van der Waals surface area contributed by atoms with Gasteiger partial charge in [0.2, 0.25) is 0 Å². The van der Waals surface area contributed by atoms with Crippen molar-refractivity contribution >= 4 is 11.8 Å². The van der Waals surface area contributed by atoms with Gasteiger partial charge in [-0.15, -0.1) is 0 Å². The standard InChI is InChI=1S/C19H18N4O5/c1-3-27-15(24)7-8-28-17-11(5-4-6-14(17)26-2)16-12(9-20)18(22)23-19(25)13(16)10-21/h4-6H,3,7-8H2,1-2H3,(H3,22,23,25). The molecule has 144 valence electrons. The molecule has 1 aromatic carbocycles. The predicted molar refractivity (Wildman–Crippen MR) is 99.6 cm³/mol. The average molecular weight is 382 g/mol. The fourth-order valence-corrected chi connectivity index (χ4v) is 2.60. The van der Waals surface area contributed by atoms with Gasteiger partial charge in [-0.05, 0) is 13.0 Å². The lowest BCUT2D eigenvalue weighted by Gasteiger charge is -2.17. The number of benzene rings is 1. The molecule has 1 heterocycles. The summed E-state index contributed by atoms with van der Waals surface area (Å²) < 4.78 is 15.9. The number of hydrogen-bond donors (Lipinski definition) is 2. The molecule has 0 amide bonds. The highest BCUT2D eigenvalue weighted by Crippen LogP contribution is 2.41. The molecule has 0 atom stereocenters. The number of rotatable bonds is 7. The number of H-pyrrole nitrogens is 1. The van der Waals surface area contributed by atoms with E-state index in [4.69, 9.17) is 19.9 Å². The van der Waals surface area contributed by atoms with Crippen molar-refractivity contribution in [2.75, 3.05) is 26.1 Å². The van der Waals surface area contributed by atoms with Crippen LogP contribution < -0.4 is 20.8 Å². The maximum absolute atomic E-state index is 12.2. The van der Waals surface area contributed by atoms with Gasteiger partial charge in [-0.25, -0.2) is 0 Å². The van der Waals surface area contributed by atoms with E-state index in [0.29, 0.717) is 5.75 Å². The lowest BCUT2D eigenvalue weighted by molar-refractivity contribution is -0.143. The summed E-state index contributed by atoms with van der Waals surface area (Å²) in [4.78, 5) is 26.0. The number of nitrogens with one attached hydrogen (secondary N) is 1. The van der Waals surface area contributed by atoms with Gasteiger partial charge in [-0.1, -0.05) is 12.1 Å². The maximum atomic E-state index is 12.2. The molecule has 9 nitrogen and oxygen atoms in total. The normalized spacial score (nSPS) is 9.86. The van der Waals surface area contributed by atoms with Crippen molar-refractivity contribution in [1.29, 1.82) is 10.5 Å². The van der Waals surface area contributed by atoms with Crippen LogP contribution in [-0.4, -0.2) is 31.3 Å². The second-order valence-electron chi connectivity index (χ2n) is 5.46. The molecular formula is C19H18N4O5. The third-order valence-corrected chi connectivity index (χ3v) is 3.79. The number of aromatic nitrogens is 1. The van der Waals surface area contributed by atoms with E-state index < -0.39 is 11.5 Å². The van der Waals surface area contributed by atoms with E-state index >= 15 is 0 Å². The maximum Gasteiger partial charge on any atom is 0.309 e. The second-order valence-corrected chi connectivity index (χ2v) is 5.46. The Morgan fingerprint density at radius 1 is 1.25 bits per heavy atom. The van der Waals surface area contributed by atoms with Gasteiger partial charge in [0.05, 0.1) is 26.7 Å². The number of nitrogen functional groups attached to an aromatic ring is 1. The summed E-state index contributed by atoms with van der Waals surface area (Å²) in [6, 6.07) is 8.50. The van der Waals surface area contributed by atoms with E-state index in [1.807, 2.05) is 6.07 Å². The first kappa shape index (κ1) is 20.3. The summed E-state index contributed by atoms with van der Waals surface area (Å²) in [6.07, 6.45) is -0.0148. The van der Waals surface area contributed by atoms with Crippen molar-refractivity contribution < 1.29 is 19.0 Å². The van der Waals surface area contributed by atoms with Gasteiger partial charge in [0.15, 0.2) is 11.5 Å². The number of carbonyl (C=O) groups excluding carboxylic acids is 1. The molecule has 28 heavy (non-hydrogen) atoms. The third kappa shape index (κ3) is 4.05. The number of pyridine rings is 1. The van der Waals surface area contributed by atoms with Crippen LogP contribution in [0.2, 0.25) is 0 Å². The molecule has 2 rings (SSSR count). The topological polar surface area (TPSA) is 151 Å². The van der Waals surface area contributed by atoms with Gasteiger partial charge < -0.3 is 24.9 Å². The lowest BCUT2D eigenvalue weighted by atomic mass is 9.95. The number of methoxy groups -OCH3 is 1. The molecule has 0 saturated heterocycles. The average Bonchev–Trinajstić information content (AvgIpc) is 2.67. The van der Waals surface area contributed by atoms with E-state index in [0.717, 1.165) is 0 Å². The summed E-state index contributed by atoms with van der Waals surface area (Å²) in [5, 5.41) is 18.9. The molecule has 0 bridgehead atoms. The number of hydrogen-bond acceptors (Lipinski definition) is 8. The Hall–Kier alpha value is -3.98. The minimum atomic E-state index is -0.728. The van der Waals surface area contributed by atoms with Crippen molar-refractivity contribution in [3.05, 3.63) is 39.7 Å². The molecule has 9 heteroatoms. The SMILES string of the molecule is CCOC(=O)CCOc1c(OC)cccc1-c1c(C#N)c(N)[nH]c(=O)c1C#N. The van der Waals surface area contributed by atoms with E-state index in [-0.39, 0.29) is 53.5 Å². The highest BCUT2D eigenvalue weighted by molar-refractivity contribution is 5.85. The summed E-state index contributed by atoms with van der Waals surface area (Å²) in [6.45, 7) is 1.91. The molecule has 0 radical (unpaired) electrons. The fourth-order valence-electron chi connectivity index (χ4n) is 2.60. The molecule has 0 spiro atoms. The van der Waals surface area contributed by atoms with Crippen LogP contribution in [0.1, 0.15) is 24.5 Å². The largest absolute Gasteiger partial charge is 0.493 e. The minimum absolute atomic E-state index is 0.0148. The van der Waals surface area contributed by atoms with Crippen molar-refractivity contribution in [3.63, 3.8) is 0 Å². The molecule has 0 unspecified atom stereocenters. The van der Waals surface area contributed by atoms with Gasteiger partial charge in [-0.2, -0.15) is 10.5 Å². The zero-order valence-electron chi connectivity index (χ0n) is 15.4. The van der Waals surface area contributed by atoms with Gasteiger partial charge in [0.25, 0.3) is 5.56 Å². The zero-order chi connectivity index (χ0) is 20.7. The van der Waals surface area contributed by atoms with E-state index in [1.54, 1.807) is 31.2 Å². The van der Waals surface area contributed by atoms with Crippen molar-refractivity contribution in [3.8, 4) is 34.8 Å². The number of ether oxygens (including phenoxy) is 3. The Morgan fingerprint density at radius 2 is 1.96 bits per heavy atom. The highest BCUT2D eigenvalue weighted by Gasteiger charge is 2.23. The summed E-state index contributed by atoms with van der Waals surface area (Å²) in [5.74, 6) is -0.128. The number of nitrogens with zero attached hydrogens (tertiary/aromatic N) is 2. The van der Waals surface area contributed by atoms with Crippen LogP contribution in [0, 0.1) is 22.7 Å². The molecule has 3 N–H and O–H groups in total. The van der Waals surface area contributed by atoms with Crippen LogP contribution >= 0.6 is 0 Å². The Balaban J connectivity index is 2.62. The van der Waals surface area contributed by atoms with E-state index in [9.17, 15) is 20.1 Å². The Bertz CT molecular complexity index is 1030. The van der Waals surface area contributed by atoms with Gasteiger partial charge in [0, 0.05) is 11.1 Å². The molecule has 0 aliphatic rings. The molecule has 2 aromatic rings. The molecular weight excluding hydrogens is 364 g/mol. The number of esters is 1. The highest BCUT2D eigenvalue weighted by atomic mass is 16.5. The minimum Gasteiger partial charge on any atom is -0.493 e. The molecule has 0 fully saturated rings. The van der Waals surface area contributed by atoms with Gasteiger partial charge in [0.1, 0.15) is 29.1 Å². The summed E-state index contributed by atoms with van der Waals surface area (Å²) >= 11 is 0. The quantitative estimate of drug-likeness (QED) is 0.687.